The molecule has 0 radical (unpaired) electrons. The number of hydrogen-bond acceptors (Lipinski definition) is 5. The Hall–Kier alpha value is -1.63. The van der Waals surface area contributed by atoms with Crippen molar-refractivity contribution in [3.8, 4) is 0 Å². The first-order valence-electron chi connectivity index (χ1n) is 7.19. The second-order valence-electron chi connectivity index (χ2n) is 4.96. The molecular formula is C15H23N3O3. The van der Waals surface area contributed by atoms with Crippen LogP contribution in [0.1, 0.15) is 6.42 Å². The van der Waals surface area contributed by atoms with Crippen molar-refractivity contribution < 1.29 is 14.3 Å². The van der Waals surface area contributed by atoms with Crippen molar-refractivity contribution in [1.29, 1.82) is 0 Å². The summed E-state index contributed by atoms with van der Waals surface area (Å²) < 4.78 is 10.5. The maximum atomic E-state index is 12.1. The van der Waals surface area contributed by atoms with Gasteiger partial charge in [-0.2, -0.15) is 0 Å². The van der Waals surface area contributed by atoms with Crippen LogP contribution in [-0.4, -0.2) is 52.0 Å². The van der Waals surface area contributed by atoms with Crippen LogP contribution in [0.15, 0.2) is 24.3 Å². The van der Waals surface area contributed by atoms with E-state index in [1.807, 2.05) is 24.3 Å². The van der Waals surface area contributed by atoms with E-state index in [4.69, 9.17) is 15.2 Å². The minimum absolute atomic E-state index is 0.0898. The molecule has 3 N–H and O–H groups in total. The zero-order chi connectivity index (χ0) is 15.1. The molecule has 6 heteroatoms. The Bertz CT molecular complexity index is 457. The molecule has 0 aliphatic carbocycles. The van der Waals surface area contributed by atoms with Crippen molar-refractivity contribution in [2.75, 3.05) is 50.2 Å². The van der Waals surface area contributed by atoms with E-state index in [0.717, 1.165) is 24.5 Å². The molecule has 1 aromatic carbocycles. The molecule has 116 valence electrons. The van der Waals surface area contributed by atoms with Gasteiger partial charge in [-0.25, -0.2) is 0 Å². The highest BCUT2D eigenvalue weighted by Crippen LogP contribution is 2.26. The molecular weight excluding hydrogens is 270 g/mol. The number of ether oxygens (including phenoxy) is 2. The van der Waals surface area contributed by atoms with Gasteiger partial charge in [0.25, 0.3) is 0 Å². The molecule has 0 bridgehead atoms. The number of hydrogen-bond donors (Lipinski definition) is 2. The molecule has 2 rings (SSSR count). The molecule has 1 saturated heterocycles. The molecule has 1 aliphatic heterocycles. The van der Waals surface area contributed by atoms with E-state index < -0.39 is 0 Å². The number of morpholine rings is 1. The van der Waals surface area contributed by atoms with Gasteiger partial charge in [-0.15, -0.1) is 0 Å². The summed E-state index contributed by atoms with van der Waals surface area (Å²) in [6.07, 6.45) is 0.00492. The second-order valence-corrected chi connectivity index (χ2v) is 4.96. The number of benzene rings is 1. The molecule has 6 nitrogen and oxygen atoms in total. The third kappa shape index (κ3) is 4.42. The van der Waals surface area contributed by atoms with E-state index in [9.17, 15) is 4.79 Å². The van der Waals surface area contributed by atoms with E-state index in [0.29, 0.717) is 19.8 Å². The Morgan fingerprint density at radius 1 is 1.43 bits per heavy atom. The first-order valence-corrected chi connectivity index (χ1v) is 7.19. The van der Waals surface area contributed by atoms with Crippen LogP contribution in [0.5, 0.6) is 0 Å². The molecule has 1 atom stereocenters. The van der Waals surface area contributed by atoms with Crippen molar-refractivity contribution >= 4 is 17.3 Å². The molecule has 1 aliphatic rings. The van der Waals surface area contributed by atoms with Crippen molar-refractivity contribution in [3.63, 3.8) is 0 Å². The highest BCUT2D eigenvalue weighted by atomic mass is 16.5. The number of rotatable bonds is 6. The predicted molar refractivity (Wildman–Crippen MR) is 82.6 cm³/mol. The van der Waals surface area contributed by atoms with Crippen LogP contribution in [0.25, 0.3) is 0 Å². The van der Waals surface area contributed by atoms with E-state index in [1.54, 1.807) is 7.11 Å². The Morgan fingerprint density at radius 2 is 2.14 bits per heavy atom. The lowest BCUT2D eigenvalue weighted by Gasteiger charge is -2.30. The van der Waals surface area contributed by atoms with Gasteiger partial charge in [0.1, 0.15) is 0 Å². The summed E-state index contributed by atoms with van der Waals surface area (Å²) in [7, 11) is 1.56. The zero-order valence-corrected chi connectivity index (χ0v) is 12.4. The van der Waals surface area contributed by atoms with E-state index in [2.05, 4.69) is 10.2 Å². The second kappa shape index (κ2) is 7.97. The largest absolute Gasteiger partial charge is 0.380 e. The Morgan fingerprint density at radius 3 is 2.81 bits per heavy atom. The van der Waals surface area contributed by atoms with Gasteiger partial charge in [-0.3, -0.25) is 4.79 Å². The summed E-state index contributed by atoms with van der Waals surface area (Å²) in [6.45, 7) is 3.41. The topological polar surface area (TPSA) is 76.8 Å². The van der Waals surface area contributed by atoms with Gasteiger partial charge in [0.05, 0.1) is 37.1 Å². The van der Waals surface area contributed by atoms with Crippen LogP contribution in [0, 0.1) is 0 Å². The van der Waals surface area contributed by atoms with Crippen LogP contribution in [0.4, 0.5) is 11.4 Å². The van der Waals surface area contributed by atoms with Gasteiger partial charge in [-0.1, -0.05) is 12.1 Å². The van der Waals surface area contributed by atoms with Crippen LogP contribution in [-0.2, 0) is 14.3 Å². The van der Waals surface area contributed by atoms with Crippen LogP contribution >= 0.6 is 0 Å². The minimum atomic E-state index is -0.249. The van der Waals surface area contributed by atoms with Gasteiger partial charge in [0.2, 0.25) is 5.91 Å². The number of anilines is 2. The summed E-state index contributed by atoms with van der Waals surface area (Å²) in [5, 5.41) is 2.95. The number of nitrogens with two attached hydrogens (primary N) is 1. The summed E-state index contributed by atoms with van der Waals surface area (Å²) in [5.74, 6) is -0.0898. The van der Waals surface area contributed by atoms with Gasteiger partial charge in [0, 0.05) is 26.7 Å². The van der Waals surface area contributed by atoms with Gasteiger partial charge < -0.3 is 25.4 Å². The molecule has 1 aromatic rings. The summed E-state index contributed by atoms with van der Waals surface area (Å²) in [4.78, 5) is 14.3. The fourth-order valence-electron chi connectivity index (χ4n) is 2.33. The monoisotopic (exact) mass is 293 g/mol. The lowest BCUT2D eigenvalue weighted by molar-refractivity contribution is -0.118. The third-order valence-electron chi connectivity index (χ3n) is 3.54. The molecule has 0 aromatic heterocycles. The molecule has 1 fully saturated rings. The number of methoxy groups -OCH3 is 1. The zero-order valence-electron chi connectivity index (χ0n) is 12.4. The first-order chi connectivity index (χ1) is 10.2. The van der Waals surface area contributed by atoms with E-state index >= 15 is 0 Å². The molecule has 1 unspecified atom stereocenters. The molecule has 1 heterocycles. The maximum absolute atomic E-state index is 12.1. The standard InChI is InChI=1S/C15H23N3O3/c1-20-12(11-16)10-15(19)17-13-4-2-3-5-14(13)18-6-8-21-9-7-18/h2-5,12H,6-11,16H2,1H3,(H,17,19). The fraction of sp³-hybridized carbons (Fsp3) is 0.533. The molecule has 0 saturated carbocycles. The average molecular weight is 293 g/mol. The molecule has 1 amide bonds. The van der Waals surface area contributed by atoms with Crippen LogP contribution < -0.4 is 16.0 Å². The van der Waals surface area contributed by atoms with Crippen molar-refractivity contribution in [2.45, 2.75) is 12.5 Å². The highest BCUT2D eigenvalue weighted by molar-refractivity contribution is 5.94. The number of para-hydroxylation sites is 2. The lowest BCUT2D eigenvalue weighted by Crippen LogP contribution is -2.37. The number of nitrogens with one attached hydrogen (secondary N) is 1. The molecule has 0 spiro atoms. The fourth-order valence-corrected chi connectivity index (χ4v) is 2.33. The number of carbonyl (C=O) groups excluding carboxylic acids is 1. The van der Waals surface area contributed by atoms with Gasteiger partial charge >= 0.3 is 0 Å². The smallest absolute Gasteiger partial charge is 0.227 e. The number of amides is 1. The van der Waals surface area contributed by atoms with Crippen LogP contribution in [0.2, 0.25) is 0 Å². The van der Waals surface area contributed by atoms with Crippen molar-refractivity contribution in [2.24, 2.45) is 5.73 Å². The highest BCUT2D eigenvalue weighted by Gasteiger charge is 2.17. The normalized spacial score (nSPS) is 16.6. The van der Waals surface area contributed by atoms with Crippen molar-refractivity contribution in [1.82, 2.24) is 0 Å². The predicted octanol–water partition coefficient (Wildman–Crippen LogP) is 0.825. The average Bonchev–Trinajstić information content (AvgIpc) is 2.54. The Kier molecular flexibility index (Phi) is 5.98. The van der Waals surface area contributed by atoms with Gasteiger partial charge in [0.15, 0.2) is 0 Å². The van der Waals surface area contributed by atoms with Crippen LogP contribution in [0.3, 0.4) is 0 Å². The van der Waals surface area contributed by atoms with Crippen molar-refractivity contribution in [3.05, 3.63) is 24.3 Å². The molecule has 21 heavy (non-hydrogen) atoms. The lowest BCUT2D eigenvalue weighted by atomic mass is 10.2. The summed E-state index contributed by atoms with van der Waals surface area (Å²) >= 11 is 0. The number of nitrogens with zero attached hydrogens (tertiary/aromatic N) is 1. The SMILES string of the molecule is COC(CN)CC(=O)Nc1ccccc1N1CCOCC1. The van der Waals surface area contributed by atoms with E-state index in [1.165, 1.54) is 0 Å². The Balaban J connectivity index is 2.04. The van der Waals surface area contributed by atoms with E-state index in [-0.39, 0.29) is 18.4 Å². The minimum Gasteiger partial charge on any atom is -0.380 e. The van der Waals surface area contributed by atoms with Gasteiger partial charge in [-0.05, 0) is 12.1 Å². The maximum Gasteiger partial charge on any atom is 0.227 e. The first kappa shape index (κ1) is 15.8. The third-order valence-corrected chi connectivity index (χ3v) is 3.54. The quantitative estimate of drug-likeness (QED) is 0.812. The Labute approximate surface area is 125 Å². The summed E-state index contributed by atoms with van der Waals surface area (Å²) in [6, 6.07) is 7.80. The summed E-state index contributed by atoms with van der Waals surface area (Å²) in [5.41, 5.74) is 7.38. The number of carbonyl (C=O) groups is 1.